The monoisotopic (exact) mass is 623 g/mol. The minimum atomic E-state index is -0.908. The maximum Gasteiger partial charge on any atom is 0.333 e. The summed E-state index contributed by atoms with van der Waals surface area (Å²) in [4.78, 5) is 47.1. The molecule has 2 aliphatic heterocycles. The van der Waals surface area contributed by atoms with Crippen LogP contribution in [0.5, 0.6) is 0 Å². The van der Waals surface area contributed by atoms with Gasteiger partial charge in [0.1, 0.15) is 12.1 Å². The first-order chi connectivity index (χ1) is 20.5. The van der Waals surface area contributed by atoms with Crippen LogP contribution in [-0.2, 0) is 27.4 Å². The number of piperidine rings is 1. The molecular weight excluding hydrogens is 593 g/mol. The fourth-order valence-electron chi connectivity index (χ4n) is 5.69. The zero-order chi connectivity index (χ0) is 30.5. The van der Waals surface area contributed by atoms with Gasteiger partial charge in [0.05, 0.1) is 11.6 Å². The number of imidazole rings is 1. The second kappa shape index (κ2) is 11.2. The number of fused-ring (bicyclic) bond motifs is 1. The normalized spacial score (nSPS) is 16.7. The predicted octanol–water partition coefficient (Wildman–Crippen LogP) is 5.21. The third-order valence-electron chi connectivity index (χ3n) is 7.89. The molecule has 0 N–H and O–H groups in total. The van der Waals surface area contributed by atoms with E-state index in [2.05, 4.69) is 0 Å². The number of hydrogen-bond donors (Lipinski definition) is 0. The average Bonchev–Trinajstić information content (AvgIpc) is 3.54. The molecular formula is C31H31Cl2N5O5. The number of amides is 1. The number of likely N-dealkylation sites (tertiary alicyclic amines) is 1. The zero-order valence-corrected chi connectivity index (χ0v) is 25.6. The highest BCUT2D eigenvalue weighted by Gasteiger charge is 2.31. The summed E-state index contributed by atoms with van der Waals surface area (Å²) < 4.78 is 15.9. The second-order valence-corrected chi connectivity index (χ2v) is 12.2. The maximum atomic E-state index is 14.3. The molecule has 43 heavy (non-hydrogen) atoms. The Labute approximate surface area is 257 Å². The minimum absolute atomic E-state index is 0.0348. The summed E-state index contributed by atoms with van der Waals surface area (Å²) in [5.74, 6) is -0.00897. The summed E-state index contributed by atoms with van der Waals surface area (Å²) in [6.07, 6.45) is 2.87. The molecule has 0 bridgehead atoms. The van der Waals surface area contributed by atoms with Crippen molar-refractivity contribution in [3.63, 3.8) is 0 Å². The summed E-state index contributed by atoms with van der Waals surface area (Å²) in [5.41, 5.74) is 0.669. The van der Waals surface area contributed by atoms with E-state index in [0.717, 1.165) is 17.4 Å². The number of carbonyl (C=O) groups is 1. The van der Waals surface area contributed by atoms with Gasteiger partial charge in [-0.15, -0.1) is 0 Å². The van der Waals surface area contributed by atoms with Crippen LogP contribution in [0.1, 0.15) is 33.6 Å². The molecule has 2 aliphatic rings. The van der Waals surface area contributed by atoms with Gasteiger partial charge < -0.3 is 14.4 Å². The van der Waals surface area contributed by atoms with E-state index >= 15 is 0 Å². The highest BCUT2D eigenvalue weighted by molar-refractivity contribution is 6.33. The molecule has 2 aromatic carbocycles. The molecule has 12 heteroatoms. The number of halogens is 2. The highest BCUT2D eigenvalue weighted by Crippen LogP contribution is 2.33. The molecule has 0 unspecified atom stereocenters. The van der Waals surface area contributed by atoms with E-state index in [1.165, 1.54) is 6.26 Å². The predicted molar refractivity (Wildman–Crippen MR) is 164 cm³/mol. The topological polar surface area (TPSA) is 101 Å². The first-order valence-corrected chi connectivity index (χ1v) is 14.9. The molecule has 0 spiro atoms. The largest absolute Gasteiger partial charge is 0.457 e. The van der Waals surface area contributed by atoms with Crippen LogP contribution >= 0.6 is 23.2 Å². The SMILES string of the molecule is CC(=O)N1CCC(Cn2c(=O)n(CC3=COC(C)(C)O3)c(=O)c3c2nc(-c2ccccc2Cl)n3-c2ccc(Cl)cc2)CC1. The molecule has 4 heterocycles. The summed E-state index contributed by atoms with van der Waals surface area (Å²) in [7, 11) is 0. The van der Waals surface area contributed by atoms with Gasteiger partial charge in [-0.05, 0) is 55.2 Å². The van der Waals surface area contributed by atoms with Gasteiger partial charge in [-0.1, -0.05) is 35.3 Å². The molecule has 2 aromatic heterocycles. The molecule has 0 aliphatic carbocycles. The number of nitrogens with zero attached hydrogens (tertiary/aromatic N) is 5. The van der Waals surface area contributed by atoms with Crippen molar-refractivity contribution in [3.8, 4) is 17.1 Å². The van der Waals surface area contributed by atoms with Gasteiger partial charge in [0.2, 0.25) is 11.7 Å². The van der Waals surface area contributed by atoms with Crippen molar-refractivity contribution < 1.29 is 14.3 Å². The van der Waals surface area contributed by atoms with Crippen molar-refractivity contribution in [2.75, 3.05) is 13.1 Å². The van der Waals surface area contributed by atoms with Crippen LogP contribution in [0.2, 0.25) is 10.0 Å². The average molecular weight is 625 g/mol. The Morgan fingerprint density at radius 2 is 1.72 bits per heavy atom. The first-order valence-electron chi connectivity index (χ1n) is 14.1. The first kappa shape index (κ1) is 29.1. The lowest BCUT2D eigenvalue weighted by Crippen LogP contribution is -2.43. The van der Waals surface area contributed by atoms with Crippen molar-refractivity contribution in [2.45, 2.75) is 52.5 Å². The van der Waals surface area contributed by atoms with Gasteiger partial charge in [-0.3, -0.25) is 23.3 Å². The molecule has 0 radical (unpaired) electrons. The van der Waals surface area contributed by atoms with Gasteiger partial charge in [0.25, 0.3) is 5.56 Å². The second-order valence-electron chi connectivity index (χ2n) is 11.3. The van der Waals surface area contributed by atoms with E-state index < -0.39 is 17.0 Å². The fourth-order valence-corrected chi connectivity index (χ4v) is 6.04. The van der Waals surface area contributed by atoms with Gasteiger partial charge in [-0.2, -0.15) is 0 Å². The number of allylic oxidation sites excluding steroid dienone is 1. The van der Waals surface area contributed by atoms with Crippen molar-refractivity contribution in [1.29, 1.82) is 0 Å². The zero-order valence-electron chi connectivity index (χ0n) is 24.0. The molecule has 1 amide bonds. The van der Waals surface area contributed by atoms with Gasteiger partial charge in [0.15, 0.2) is 16.9 Å². The fraction of sp³-hybridized carbons (Fsp3) is 0.355. The number of hydrogen-bond acceptors (Lipinski definition) is 6. The van der Waals surface area contributed by atoms with Crippen LogP contribution in [0, 0.1) is 5.92 Å². The molecule has 10 nitrogen and oxygen atoms in total. The Balaban J connectivity index is 1.59. The number of ether oxygens (including phenoxy) is 2. The van der Waals surface area contributed by atoms with E-state index in [4.69, 9.17) is 37.7 Å². The van der Waals surface area contributed by atoms with E-state index in [9.17, 15) is 14.4 Å². The van der Waals surface area contributed by atoms with E-state index in [-0.39, 0.29) is 29.5 Å². The van der Waals surface area contributed by atoms with Gasteiger partial charge in [0, 0.05) is 56.7 Å². The Bertz CT molecular complexity index is 1860. The molecule has 0 saturated carbocycles. The summed E-state index contributed by atoms with van der Waals surface area (Å²) in [6, 6.07) is 14.3. The van der Waals surface area contributed by atoms with Crippen molar-refractivity contribution in [2.24, 2.45) is 5.92 Å². The van der Waals surface area contributed by atoms with Gasteiger partial charge in [-0.25, -0.2) is 9.78 Å². The number of rotatable bonds is 6. The lowest BCUT2D eigenvalue weighted by atomic mass is 9.96. The molecule has 1 fully saturated rings. The molecule has 6 rings (SSSR count). The van der Waals surface area contributed by atoms with Crippen molar-refractivity contribution in [1.82, 2.24) is 23.6 Å². The standard InChI is InChI=1S/C31H31Cl2N5O5/c1-19(39)35-14-12-20(13-15-35)16-36-28-26(29(40)37(30(36)41)17-23-18-42-31(2,3)43-23)38(22-10-8-21(32)9-11-22)27(34-28)24-6-4-5-7-25(24)33/h4-11,18,20H,12-17H2,1-3H3. The van der Waals surface area contributed by atoms with Crippen LogP contribution in [0.3, 0.4) is 0 Å². The van der Waals surface area contributed by atoms with Crippen LogP contribution in [0.4, 0.5) is 0 Å². The van der Waals surface area contributed by atoms with Crippen LogP contribution < -0.4 is 11.2 Å². The Morgan fingerprint density at radius 3 is 2.35 bits per heavy atom. The molecule has 4 aromatic rings. The summed E-state index contributed by atoms with van der Waals surface area (Å²) >= 11 is 12.9. The molecule has 224 valence electrons. The van der Waals surface area contributed by atoms with Crippen molar-refractivity contribution >= 4 is 40.3 Å². The quantitative estimate of drug-likeness (QED) is 0.292. The van der Waals surface area contributed by atoms with E-state index in [1.807, 2.05) is 23.1 Å². The molecule has 1 saturated heterocycles. The third kappa shape index (κ3) is 5.57. The Kier molecular flexibility index (Phi) is 7.60. The minimum Gasteiger partial charge on any atom is -0.457 e. The maximum absolute atomic E-state index is 14.3. The van der Waals surface area contributed by atoms with Crippen molar-refractivity contribution in [3.05, 3.63) is 91.4 Å². The van der Waals surface area contributed by atoms with Crippen LogP contribution in [-0.4, -0.2) is 48.4 Å². The lowest BCUT2D eigenvalue weighted by Gasteiger charge is -2.31. The Morgan fingerprint density at radius 1 is 1.02 bits per heavy atom. The van der Waals surface area contributed by atoms with E-state index in [1.54, 1.807) is 60.2 Å². The summed E-state index contributed by atoms with van der Waals surface area (Å²) in [5, 5.41) is 0.981. The highest BCUT2D eigenvalue weighted by atomic mass is 35.5. The lowest BCUT2D eigenvalue weighted by molar-refractivity contribution is -0.130. The Hall–Kier alpha value is -4.02. The smallest absolute Gasteiger partial charge is 0.333 e. The third-order valence-corrected chi connectivity index (χ3v) is 8.47. The van der Waals surface area contributed by atoms with E-state index in [0.29, 0.717) is 52.5 Å². The number of aromatic nitrogens is 4. The number of benzene rings is 2. The molecule has 0 atom stereocenters. The van der Waals surface area contributed by atoms with Crippen LogP contribution in [0.25, 0.3) is 28.2 Å². The number of carbonyl (C=O) groups excluding carboxylic acids is 1. The van der Waals surface area contributed by atoms with Gasteiger partial charge >= 0.3 is 5.69 Å². The summed E-state index contributed by atoms with van der Waals surface area (Å²) in [6.45, 7) is 6.48. The van der Waals surface area contributed by atoms with Crippen LogP contribution in [0.15, 0.2) is 70.1 Å².